The number of carbonyl (C=O) groups excluding carboxylic acids is 1. The van der Waals surface area contributed by atoms with Crippen LogP contribution in [0.4, 0.5) is 0 Å². The average Bonchev–Trinajstić information content (AvgIpc) is 2.32. The van der Waals surface area contributed by atoms with E-state index >= 15 is 0 Å². The summed E-state index contributed by atoms with van der Waals surface area (Å²) in [5.74, 6) is -1.09. The van der Waals surface area contributed by atoms with Gasteiger partial charge in [-0.1, -0.05) is 12.2 Å². The van der Waals surface area contributed by atoms with Crippen molar-refractivity contribution in [1.82, 2.24) is 0 Å². The first kappa shape index (κ1) is 18.5. The Bertz CT molecular complexity index is 459. The van der Waals surface area contributed by atoms with Gasteiger partial charge in [0.25, 0.3) is 0 Å². The molecule has 0 aliphatic carbocycles. The Hall–Kier alpha value is -1.52. The Morgan fingerprint density at radius 1 is 1.25 bits per heavy atom. The number of hydrogen-bond acceptors (Lipinski definition) is 5. The van der Waals surface area contributed by atoms with Crippen LogP contribution in [0.25, 0.3) is 5.53 Å². The molecule has 112 valence electrons. The Morgan fingerprint density at radius 3 is 2.00 bits per heavy atom. The zero-order valence-electron chi connectivity index (χ0n) is 11.9. The number of carbonyl (C=O) groups is 1. The van der Waals surface area contributed by atoms with E-state index in [1.807, 2.05) is 0 Å². The van der Waals surface area contributed by atoms with E-state index in [2.05, 4.69) is 17.9 Å². The smallest absolute Gasteiger partial charge is 0.451 e. The molecule has 0 amide bonds. The van der Waals surface area contributed by atoms with E-state index in [1.54, 1.807) is 20.8 Å². The van der Waals surface area contributed by atoms with Crippen LogP contribution in [-0.2, 0) is 23.1 Å². The third-order valence-corrected chi connectivity index (χ3v) is 3.43. The number of ether oxygens (including phenoxy) is 1. The van der Waals surface area contributed by atoms with Gasteiger partial charge in [0.15, 0.2) is 0 Å². The molecule has 0 aliphatic rings. The van der Waals surface area contributed by atoms with Crippen LogP contribution in [0, 0.1) is 0 Å². The lowest BCUT2D eigenvalue weighted by Crippen LogP contribution is -2.30. The molecule has 8 heteroatoms. The Kier molecular flexibility index (Phi) is 7.32. The molecule has 20 heavy (non-hydrogen) atoms. The van der Waals surface area contributed by atoms with Gasteiger partial charge in [0, 0.05) is 0 Å². The van der Waals surface area contributed by atoms with Crippen molar-refractivity contribution in [1.29, 1.82) is 0 Å². The standard InChI is InChI=1S/C12H19N2O5P/c1-6-8-17-20(16,18-9-7-2)10(14-13)11(15)19-12(3,4)5/h6-7H,1-2,8-9H2,3-5H3. The van der Waals surface area contributed by atoms with Crippen LogP contribution in [0.5, 0.6) is 0 Å². The maximum atomic E-state index is 12.5. The predicted octanol–water partition coefficient (Wildman–Crippen LogP) is 2.55. The fourth-order valence-electron chi connectivity index (χ4n) is 0.992. The van der Waals surface area contributed by atoms with Crippen LogP contribution in [0.3, 0.4) is 0 Å². The van der Waals surface area contributed by atoms with Crippen LogP contribution in [-0.4, -0.2) is 35.0 Å². The highest BCUT2D eigenvalue weighted by Crippen LogP contribution is 2.49. The third-order valence-electron chi connectivity index (χ3n) is 1.66. The molecule has 0 aliphatic heterocycles. The lowest BCUT2D eigenvalue weighted by atomic mass is 10.2. The summed E-state index contributed by atoms with van der Waals surface area (Å²) < 4.78 is 27.3. The van der Waals surface area contributed by atoms with Gasteiger partial charge < -0.3 is 10.3 Å². The number of hydrogen-bond donors (Lipinski definition) is 0. The fraction of sp³-hybridized carbons (Fsp3) is 0.500. The van der Waals surface area contributed by atoms with Crippen molar-refractivity contribution in [2.24, 2.45) is 0 Å². The number of esters is 1. The fourth-order valence-corrected chi connectivity index (χ4v) is 2.29. The van der Waals surface area contributed by atoms with Gasteiger partial charge in [-0.25, -0.2) is 9.36 Å². The minimum atomic E-state index is -4.12. The maximum Gasteiger partial charge on any atom is 0.484 e. The van der Waals surface area contributed by atoms with Crippen LogP contribution in [0.15, 0.2) is 25.3 Å². The third kappa shape index (κ3) is 6.08. The molecule has 0 atom stereocenters. The van der Waals surface area contributed by atoms with Crippen molar-refractivity contribution in [2.45, 2.75) is 26.4 Å². The largest absolute Gasteiger partial charge is 0.484 e. The molecule has 0 heterocycles. The highest BCUT2D eigenvalue weighted by Gasteiger charge is 2.48. The Morgan fingerprint density at radius 2 is 1.70 bits per heavy atom. The predicted molar refractivity (Wildman–Crippen MR) is 74.4 cm³/mol. The molecule has 0 saturated carbocycles. The molecule has 0 aromatic rings. The van der Waals surface area contributed by atoms with Gasteiger partial charge in [0.1, 0.15) is 5.60 Å². The minimum Gasteiger partial charge on any atom is -0.451 e. The average molecular weight is 302 g/mol. The Labute approximate surface area is 118 Å². The summed E-state index contributed by atoms with van der Waals surface area (Å²) in [5, 5.41) is 0. The molecule has 0 fully saturated rings. The number of rotatable bonds is 8. The second kappa shape index (κ2) is 7.92. The van der Waals surface area contributed by atoms with E-state index < -0.39 is 24.6 Å². The van der Waals surface area contributed by atoms with Crippen molar-refractivity contribution in [3.63, 3.8) is 0 Å². The maximum absolute atomic E-state index is 12.5. The van der Waals surface area contributed by atoms with Crippen molar-refractivity contribution in [3.05, 3.63) is 30.8 Å². The molecular weight excluding hydrogens is 283 g/mol. The second-order valence-corrected chi connectivity index (χ2v) is 6.53. The van der Waals surface area contributed by atoms with Gasteiger partial charge in [0.05, 0.1) is 13.2 Å². The van der Waals surface area contributed by atoms with Gasteiger partial charge in [-0.2, -0.15) is 0 Å². The molecule has 0 rings (SSSR count). The van der Waals surface area contributed by atoms with E-state index in [4.69, 9.17) is 19.3 Å². The summed E-state index contributed by atoms with van der Waals surface area (Å²) >= 11 is 0. The van der Waals surface area contributed by atoms with E-state index in [-0.39, 0.29) is 13.2 Å². The van der Waals surface area contributed by atoms with Crippen LogP contribution < -0.4 is 0 Å². The van der Waals surface area contributed by atoms with Crippen molar-refractivity contribution in [3.8, 4) is 0 Å². The van der Waals surface area contributed by atoms with Gasteiger partial charge in [-0.05, 0) is 20.8 Å². The van der Waals surface area contributed by atoms with Gasteiger partial charge in [-0.3, -0.25) is 9.05 Å². The quantitative estimate of drug-likeness (QED) is 0.171. The van der Waals surface area contributed by atoms with Gasteiger partial charge in [-0.15, -0.1) is 17.9 Å². The van der Waals surface area contributed by atoms with Gasteiger partial charge >= 0.3 is 19.0 Å². The summed E-state index contributed by atoms with van der Waals surface area (Å²) in [6, 6.07) is 0. The van der Waals surface area contributed by atoms with Crippen molar-refractivity contribution in [2.75, 3.05) is 13.2 Å². The molecule has 0 bridgehead atoms. The second-order valence-electron chi connectivity index (χ2n) is 4.59. The molecule has 0 saturated heterocycles. The topological polar surface area (TPSA) is 98.2 Å². The molecular formula is C12H19N2O5P. The summed E-state index contributed by atoms with van der Waals surface area (Å²) in [6.45, 7) is 11.3. The molecule has 0 unspecified atom stereocenters. The zero-order valence-corrected chi connectivity index (χ0v) is 12.8. The molecule has 0 aromatic heterocycles. The monoisotopic (exact) mass is 302 g/mol. The summed E-state index contributed by atoms with van der Waals surface area (Å²) in [7, 11) is -4.12. The van der Waals surface area contributed by atoms with E-state index in [9.17, 15) is 9.36 Å². The normalized spacial score (nSPS) is 11.3. The molecule has 0 aromatic carbocycles. The lowest BCUT2D eigenvalue weighted by Gasteiger charge is -2.19. The lowest BCUT2D eigenvalue weighted by molar-refractivity contribution is -0.150. The highest BCUT2D eigenvalue weighted by atomic mass is 31.2. The highest BCUT2D eigenvalue weighted by molar-refractivity contribution is 7.74. The molecule has 7 nitrogen and oxygen atoms in total. The first-order chi connectivity index (χ1) is 9.20. The van der Waals surface area contributed by atoms with E-state index in [0.717, 1.165) is 0 Å². The first-order valence-electron chi connectivity index (χ1n) is 5.77. The van der Waals surface area contributed by atoms with Gasteiger partial charge in [0.2, 0.25) is 0 Å². The zero-order chi connectivity index (χ0) is 15.8. The van der Waals surface area contributed by atoms with E-state index in [1.165, 1.54) is 12.2 Å². The summed E-state index contributed by atoms with van der Waals surface area (Å²) in [4.78, 5) is 14.6. The Balaban J connectivity index is 5.34. The molecule has 0 spiro atoms. The first-order valence-corrected chi connectivity index (χ1v) is 7.31. The SMILES string of the molecule is C=CCOP(=O)(OCC=C)C(=[N+]=[N-])C(=O)OC(C)(C)C. The van der Waals surface area contributed by atoms with E-state index in [0.29, 0.717) is 0 Å². The molecule has 0 radical (unpaired) electrons. The van der Waals surface area contributed by atoms with Crippen LogP contribution >= 0.6 is 7.60 Å². The minimum absolute atomic E-state index is 0.157. The van der Waals surface area contributed by atoms with Crippen LogP contribution in [0.1, 0.15) is 20.8 Å². The summed E-state index contributed by atoms with van der Waals surface area (Å²) in [6.07, 6.45) is 2.63. The number of nitrogens with zero attached hydrogens (tertiary/aromatic N) is 2. The molecule has 0 N–H and O–H groups in total. The summed E-state index contributed by atoms with van der Waals surface area (Å²) in [5.41, 5.74) is 7.26. The van der Waals surface area contributed by atoms with Crippen LogP contribution in [0.2, 0.25) is 0 Å². The van der Waals surface area contributed by atoms with Crippen molar-refractivity contribution < 1.29 is 27.9 Å². The van der Waals surface area contributed by atoms with Crippen molar-refractivity contribution >= 4 is 19.0 Å².